The first-order chi connectivity index (χ1) is 10.9. The molecule has 2 aromatic carbocycles. The molecule has 1 N–H and O–H groups in total. The minimum atomic E-state index is -4.37. The standard InChI is InChI=1S/C18H15F3N2/c1-11-9-16(12(2)15-6-4-3-5-14(11)15)23-17-8-7-13(10-22-17)18(19,20)21/h3-10H,1-2H3,(H,22,23). The number of nitrogens with one attached hydrogen (secondary N) is 1. The van der Waals surface area contributed by atoms with Gasteiger partial charge in [0, 0.05) is 11.9 Å². The lowest BCUT2D eigenvalue weighted by Gasteiger charge is -2.14. The van der Waals surface area contributed by atoms with Gasteiger partial charge in [-0.3, -0.25) is 0 Å². The van der Waals surface area contributed by atoms with Crippen molar-refractivity contribution < 1.29 is 13.2 Å². The SMILES string of the molecule is Cc1cc(Nc2ccc(C(F)(F)F)cn2)c(C)c2ccccc12. The number of nitrogens with zero attached hydrogens (tertiary/aromatic N) is 1. The number of fused-ring (bicyclic) bond motifs is 1. The lowest BCUT2D eigenvalue weighted by Crippen LogP contribution is -2.06. The van der Waals surface area contributed by atoms with Crippen LogP contribution < -0.4 is 5.32 Å². The molecule has 0 aliphatic rings. The Balaban J connectivity index is 1.97. The van der Waals surface area contributed by atoms with E-state index in [9.17, 15) is 13.2 Å². The van der Waals surface area contributed by atoms with Crippen molar-refractivity contribution in [3.8, 4) is 0 Å². The van der Waals surface area contributed by atoms with Crippen LogP contribution in [-0.4, -0.2) is 4.98 Å². The van der Waals surface area contributed by atoms with Crippen molar-refractivity contribution in [3.05, 3.63) is 65.4 Å². The summed E-state index contributed by atoms with van der Waals surface area (Å²) in [5, 5.41) is 5.38. The third-order valence-corrected chi connectivity index (χ3v) is 3.87. The molecule has 0 saturated heterocycles. The van der Waals surface area contributed by atoms with Gasteiger partial charge in [0.2, 0.25) is 0 Å². The normalized spacial score (nSPS) is 11.7. The second kappa shape index (κ2) is 5.57. The van der Waals surface area contributed by atoms with E-state index in [4.69, 9.17) is 0 Å². The molecule has 0 amide bonds. The molecule has 0 radical (unpaired) electrons. The van der Waals surface area contributed by atoms with E-state index in [2.05, 4.69) is 16.4 Å². The van der Waals surface area contributed by atoms with Crippen LogP contribution in [0, 0.1) is 13.8 Å². The second-order valence-corrected chi connectivity index (χ2v) is 5.47. The van der Waals surface area contributed by atoms with E-state index in [1.54, 1.807) is 0 Å². The van der Waals surface area contributed by atoms with Crippen molar-refractivity contribution in [1.82, 2.24) is 4.98 Å². The van der Waals surface area contributed by atoms with Crippen LogP contribution in [0.15, 0.2) is 48.7 Å². The van der Waals surface area contributed by atoms with Crippen LogP contribution in [0.4, 0.5) is 24.7 Å². The molecule has 0 spiro atoms. The van der Waals surface area contributed by atoms with Crippen LogP contribution in [0.1, 0.15) is 16.7 Å². The van der Waals surface area contributed by atoms with E-state index >= 15 is 0 Å². The Labute approximate surface area is 132 Å². The number of anilines is 2. The third-order valence-electron chi connectivity index (χ3n) is 3.87. The summed E-state index contributed by atoms with van der Waals surface area (Å²) in [5.41, 5.74) is 2.22. The van der Waals surface area contributed by atoms with Crippen molar-refractivity contribution in [2.45, 2.75) is 20.0 Å². The van der Waals surface area contributed by atoms with E-state index in [1.807, 2.05) is 38.1 Å². The highest BCUT2D eigenvalue weighted by Crippen LogP contribution is 2.32. The number of hydrogen-bond donors (Lipinski definition) is 1. The van der Waals surface area contributed by atoms with Gasteiger partial charge in [0.15, 0.2) is 0 Å². The van der Waals surface area contributed by atoms with Gasteiger partial charge in [-0.05, 0) is 53.9 Å². The Hall–Kier alpha value is -2.56. The van der Waals surface area contributed by atoms with E-state index < -0.39 is 11.7 Å². The number of benzene rings is 2. The number of rotatable bonds is 2. The second-order valence-electron chi connectivity index (χ2n) is 5.47. The highest BCUT2D eigenvalue weighted by Gasteiger charge is 2.30. The fourth-order valence-corrected chi connectivity index (χ4v) is 2.60. The summed E-state index contributed by atoms with van der Waals surface area (Å²) in [7, 11) is 0. The molecule has 3 aromatic rings. The minimum absolute atomic E-state index is 0.385. The molecular weight excluding hydrogens is 301 g/mol. The predicted octanol–water partition coefficient (Wildman–Crippen LogP) is 5.61. The van der Waals surface area contributed by atoms with E-state index in [0.29, 0.717) is 5.82 Å². The van der Waals surface area contributed by atoms with Crippen LogP contribution in [0.2, 0.25) is 0 Å². The molecule has 0 saturated carbocycles. The van der Waals surface area contributed by atoms with Gasteiger partial charge in [0.05, 0.1) is 5.56 Å². The van der Waals surface area contributed by atoms with Crippen LogP contribution >= 0.6 is 0 Å². The van der Waals surface area contributed by atoms with Gasteiger partial charge in [-0.1, -0.05) is 24.3 Å². The molecule has 0 aliphatic carbocycles. The zero-order valence-corrected chi connectivity index (χ0v) is 12.7. The lowest BCUT2D eigenvalue weighted by molar-refractivity contribution is -0.137. The monoisotopic (exact) mass is 316 g/mol. The molecule has 1 aromatic heterocycles. The maximum atomic E-state index is 12.6. The van der Waals surface area contributed by atoms with E-state index in [-0.39, 0.29) is 0 Å². The quantitative estimate of drug-likeness (QED) is 0.664. The molecule has 3 rings (SSSR count). The average molecular weight is 316 g/mol. The summed E-state index contributed by atoms with van der Waals surface area (Å²) in [6.45, 7) is 3.99. The van der Waals surface area contributed by atoms with Gasteiger partial charge in [0.25, 0.3) is 0 Å². The zero-order chi connectivity index (χ0) is 16.6. The Morgan fingerprint density at radius 1 is 0.957 bits per heavy atom. The first kappa shape index (κ1) is 15.3. The smallest absolute Gasteiger partial charge is 0.340 e. The molecule has 0 bridgehead atoms. The van der Waals surface area contributed by atoms with Crippen LogP contribution in [0.5, 0.6) is 0 Å². The molecular formula is C18H15F3N2. The third kappa shape index (κ3) is 2.99. The predicted molar refractivity (Wildman–Crippen MR) is 85.9 cm³/mol. The molecule has 1 heterocycles. The van der Waals surface area contributed by atoms with Gasteiger partial charge in [-0.2, -0.15) is 13.2 Å². The number of aryl methyl sites for hydroxylation is 2. The van der Waals surface area contributed by atoms with Crippen LogP contribution in [0.3, 0.4) is 0 Å². The molecule has 0 fully saturated rings. The number of aromatic nitrogens is 1. The van der Waals surface area contributed by atoms with Gasteiger partial charge >= 0.3 is 6.18 Å². The van der Waals surface area contributed by atoms with Crippen molar-refractivity contribution in [3.63, 3.8) is 0 Å². The maximum absolute atomic E-state index is 12.6. The number of alkyl halides is 3. The summed E-state index contributed by atoms with van der Waals surface area (Å²) < 4.78 is 37.7. The van der Waals surface area contributed by atoms with E-state index in [1.165, 1.54) is 6.07 Å². The molecule has 0 unspecified atom stereocenters. The Bertz CT molecular complexity index is 853. The lowest BCUT2D eigenvalue weighted by atomic mass is 9.99. The fraction of sp³-hybridized carbons (Fsp3) is 0.167. The van der Waals surface area contributed by atoms with E-state index in [0.717, 1.165) is 39.8 Å². The summed E-state index contributed by atoms with van der Waals surface area (Å²) in [6.07, 6.45) is -3.54. The molecule has 0 atom stereocenters. The summed E-state index contributed by atoms with van der Waals surface area (Å²) >= 11 is 0. The summed E-state index contributed by atoms with van der Waals surface area (Å²) in [6, 6.07) is 12.4. The summed E-state index contributed by atoms with van der Waals surface area (Å²) in [4.78, 5) is 3.86. The molecule has 2 nitrogen and oxygen atoms in total. The average Bonchev–Trinajstić information content (AvgIpc) is 2.52. The Kier molecular flexibility index (Phi) is 3.72. The molecule has 118 valence electrons. The van der Waals surface area contributed by atoms with Crippen molar-refractivity contribution in [2.75, 3.05) is 5.32 Å². The topological polar surface area (TPSA) is 24.9 Å². The first-order valence-corrected chi connectivity index (χ1v) is 7.15. The van der Waals surface area contributed by atoms with Crippen molar-refractivity contribution >= 4 is 22.3 Å². The van der Waals surface area contributed by atoms with Gasteiger partial charge in [0.1, 0.15) is 5.82 Å². The molecule has 5 heteroatoms. The highest BCUT2D eigenvalue weighted by atomic mass is 19.4. The van der Waals surface area contributed by atoms with Crippen molar-refractivity contribution in [1.29, 1.82) is 0 Å². The largest absolute Gasteiger partial charge is 0.417 e. The number of pyridine rings is 1. The zero-order valence-electron chi connectivity index (χ0n) is 12.7. The first-order valence-electron chi connectivity index (χ1n) is 7.15. The van der Waals surface area contributed by atoms with Gasteiger partial charge in [-0.25, -0.2) is 4.98 Å². The maximum Gasteiger partial charge on any atom is 0.417 e. The molecule has 0 aliphatic heterocycles. The number of hydrogen-bond acceptors (Lipinski definition) is 2. The number of halogens is 3. The van der Waals surface area contributed by atoms with Gasteiger partial charge < -0.3 is 5.32 Å². The fourth-order valence-electron chi connectivity index (χ4n) is 2.60. The molecule has 23 heavy (non-hydrogen) atoms. The Morgan fingerprint density at radius 2 is 1.65 bits per heavy atom. The highest BCUT2D eigenvalue weighted by molar-refractivity contribution is 5.93. The Morgan fingerprint density at radius 3 is 2.26 bits per heavy atom. The van der Waals surface area contributed by atoms with Crippen LogP contribution in [-0.2, 0) is 6.18 Å². The summed E-state index contributed by atoms with van der Waals surface area (Å²) in [5.74, 6) is 0.385. The van der Waals surface area contributed by atoms with Gasteiger partial charge in [-0.15, -0.1) is 0 Å². The minimum Gasteiger partial charge on any atom is -0.340 e. The van der Waals surface area contributed by atoms with Crippen LogP contribution in [0.25, 0.3) is 10.8 Å². The van der Waals surface area contributed by atoms with Crippen molar-refractivity contribution in [2.24, 2.45) is 0 Å².